The van der Waals surface area contributed by atoms with Crippen molar-refractivity contribution in [1.82, 2.24) is 5.43 Å². The highest BCUT2D eigenvalue weighted by Crippen LogP contribution is 2.16. The van der Waals surface area contributed by atoms with Crippen LogP contribution in [0.3, 0.4) is 0 Å². The van der Waals surface area contributed by atoms with Gasteiger partial charge in [-0.05, 0) is 36.8 Å². The molecule has 0 unspecified atom stereocenters. The number of carbonyl (C=O) groups is 1. The van der Waals surface area contributed by atoms with Gasteiger partial charge < -0.3 is 0 Å². The minimum atomic E-state index is -0.113. The fourth-order valence-corrected chi connectivity index (χ4v) is 2.73. The molecule has 0 aliphatic rings. The van der Waals surface area contributed by atoms with Gasteiger partial charge in [0, 0.05) is 9.37 Å². The lowest BCUT2D eigenvalue weighted by Crippen LogP contribution is -2.21. The maximum Gasteiger partial charge on any atom is 0.250 e. The van der Waals surface area contributed by atoms with Gasteiger partial charge in [-0.15, -0.1) is 11.8 Å². The number of carbonyl (C=O) groups excluding carboxylic acids is 1. The number of rotatable bonds is 5. The van der Waals surface area contributed by atoms with E-state index in [1.165, 1.54) is 11.8 Å². The van der Waals surface area contributed by atoms with Gasteiger partial charge in [-0.1, -0.05) is 46.3 Å². The highest BCUT2D eigenvalue weighted by atomic mass is 79.9. The van der Waals surface area contributed by atoms with Crippen LogP contribution in [0.25, 0.3) is 0 Å². The summed E-state index contributed by atoms with van der Waals surface area (Å²) in [5, 5.41) is 4.13. The van der Waals surface area contributed by atoms with Crippen LogP contribution in [0, 0.1) is 0 Å². The molecule has 0 aliphatic carbocycles. The number of amides is 1. The first kappa shape index (κ1) is 15.8. The average Bonchev–Trinajstić information content (AvgIpc) is 2.51. The van der Waals surface area contributed by atoms with Crippen LogP contribution in [0.2, 0.25) is 0 Å². The third-order valence-electron chi connectivity index (χ3n) is 2.70. The zero-order chi connectivity index (χ0) is 15.1. The van der Waals surface area contributed by atoms with E-state index in [1.54, 1.807) is 0 Å². The highest BCUT2D eigenvalue weighted by Gasteiger charge is 2.03. The molecular weight excluding hydrogens is 348 g/mol. The van der Waals surface area contributed by atoms with Crippen molar-refractivity contribution < 1.29 is 4.79 Å². The normalized spacial score (nSPS) is 11.2. The van der Waals surface area contributed by atoms with Crippen molar-refractivity contribution in [2.75, 3.05) is 5.75 Å². The molecule has 2 rings (SSSR count). The lowest BCUT2D eigenvalue weighted by Gasteiger charge is -2.03. The Labute approximate surface area is 137 Å². The Balaban J connectivity index is 1.87. The summed E-state index contributed by atoms with van der Waals surface area (Å²) in [6.07, 6.45) is 0. The SMILES string of the molecule is C/C(=N/NC(=O)CSc1ccccc1)c1cccc(Br)c1. The molecule has 0 bridgehead atoms. The van der Waals surface area contributed by atoms with E-state index in [-0.39, 0.29) is 5.91 Å². The summed E-state index contributed by atoms with van der Waals surface area (Å²) >= 11 is 4.91. The largest absolute Gasteiger partial charge is 0.272 e. The van der Waals surface area contributed by atoms with E-state index in [0.717, 1.165) is 20.6 Å². The molecule has 5 heteroatoms. The average molecular weight is 363 g/mol. The number of thioether (sulfide) groups is 1. The Hall–Kier alpha value is -1.59. The smallest absolute Gasteiger partial charge is 0.250 e. The predicted molar refractivity (Wildman–Crippen MR) is 91.7 cm³/mol. The topological polar surface area (TPSA) is 41.5 Å². The lowest BCUT2D eigenvalue weighted by atomic mass is 10.1. The van der Waals surface area contributed by atoms with E-state index in [4.69, 9.17) is 0 Å². The molecule has 0 aromatic heterocycles. The molecule has 21 heavy (non-hydrogen) atoms. The Morgan fingerprint density at radius 1 is 1.19 bits per heavy atom. The second kappa shape index (κ2) is 8.00. The Morgan fingerprint density at radius 2 is 1.95 bits per heavy atom. The van der Waals surface area contributed by atoms with E-state index in [9.17, 15) is 4.79 Å². The first-order valence-electron chi connectivity index (χ1n) is 6.42. The Kier molecular flexibility index (Phi) is 6.02. The van der Waals surface area contributed by atoms with E-state index >= 15 is 0 Å². The second-order valence-corrected chi connectivity index (χ2v) is 6.31. The van der Waals surface area contributed by atoms with E-state index in [2.05, 4.69) is 26.5 Å². The van der Waals surface area contributed by atoms with E-state index in [1.807, 2.05) is 61.5 Å². The van der Waals surface area contributed by atoms with Crippen LogP contribution in [0.5, 0.6) is 0 Å². The molecule has 108 valence electrons. The van der Waals surface area contributed by atoms with Crippen LogP contribution in [-0.2, 0) is 4.79 Å². The summed E-state index contributed by atoms with van der Waals surface area (Å²) in [5.41, 5.74) is 4.33. The van der Waals surface area contributed by atoms with Gasteiger partial charge in [0.15, 0.2) is 0 Å². The number of nitrogens with zero attached hydrogens (tertiary/aromatic N) is 1. The van der Waals surface area contributed by atoms with E-state index in [0.29, 0.717) is 5.75 Å². The van der Waals surface area contributed by atoms with Crippen LogP contribution in [0.1, 0.15) is 12.5 Å². The van der Waals surface area contributed by atoms with Crippen molar-refractivity contribution in [3.8, 4) is 0 Å². The van der Waals surface area contributed by atoms with Crippen LogP contribution >= 0.6 is 27.7 Å². The van der Waals surface area contributed by atoms with Crippen molar-refractivity contribution in [2.45, 2.75) is 11.8 Å². The summed E-state index contributed by atoms with van der Waals surface area (Å²) in [6.45, 7) is 1.87. The zero-order valence-corrected chi connectivity index (χ0v) is 13.9. The van der Waals surface area contributed by atoms with Gasteiger partial charge in [0.25, 0.3) is 0 Å². The molecule has 2 aromatic rings. The molecule has 0 atom stereocenters. The summed E-state index contributed by atoms with van der Waals surface area (Å²) in [4.78, 5) is 12.8. The molecule has 0 fully saturated rings. The first-order valence-corrected chi connectivity index (χ1v) is 8.20. The van der Waals surface area contributed by atoms with Crippen molar-refractivity contribution in [3.63, 3.8) is 0 Å². The third kappa shape index (κ3) is 5.36. The number of halogens is 1. The van der Waals surface area contributed by atoms with Crippen molar-refractivity contribution in [1.29, 1.82) is 0 Å². The number of hydrogen-bond acceptors (Lipinski definition) is 3. The Morgan fingerprint density at radius 3 is 2.67 bits per heavy atom. The molecule has 1 amide bonds. The van der Waals surface area contributed by atoms with Gasteiger partial charge >= 0.3 is 0 Å². The van der Waals surface area contributed by atoms with Gasteiger partial charge in [-0.2, -0.15) is 5.10 Å². The number of hydrazone groups is 1. The maximum absolute atomic E-state index is 11.8. The van der Waals surface area contributed by atoms with Crippen LogP contribution in [0.4, 0.5) is 0 Å². The first-order chi connectivity index (χ1) is 10.1. The number of nitrogens with one attached hydrogen (secondary N) is 1. The minimum Gasteiger partial charge on any atom is -0.272 e. The molecule has 0 saturated carbocycles. The van der Waals surface area contributed by atoms with Gasteiger partial charge in [0.05, 0.1) is 11.5 Å². The molecule has 0 saturated heterocycles. The van der Waals surface area contributed by atoms with Crippen LogP contribution in [0.15, 0.2) is 69.1 Å². The second-order valence-electron chi connectivity index (χ2n) is 4.34. The lowest BCUT2D eigenvalue weighted by molar-refractivity contribution is -0.118. The molecular formula is C16H15BrN2OS. The van der Waals surface area contributed by atoms with Crippen LogP contribution < -0.4 is 5.43 Å². The summed E-state index contributed by atoms with van der Waals surface area (Å²) in [7, 11) is 0. The summed E-state index contributed by atoms with van der Waals surface area (Å²) in [6, 6.07) is 17.6. The van der Waals surface area contributed by atoms with Crippen LogP contribution in [-0.4, -0.2) is 17.4 Å². The summed E-state index contributed by atoms with van der Waals surface area (Å²) in [5.74, 6) is 0.234. The molecule has 0 aliphatic heterocycles. The predicted octanol–water partition coefficient (Wildman–Crippen LogP) is 4.08. The molecule has 0 radical (unpaired) electrons. The van der Waals surface area contributed by atoms with Gasteiger partial charge in [0.1, 0.15) is 0 Å². The monoisotopic (exact) mass is 362 g/mol. The van der Waals surface area contributed by atoms with Gasteiger partial charge in [-0.25, -0.2) is 5.43 Å². The molecule has 1 N–H and O–H groups in total. The summed E-state index contributed by atoms with van der Waals surface area (Å²) < 4.78 is 0.987. The number of hydrogen-bond donors (Lipinski definition) is 1. The standard InChI is InChI=1S/C16H15BrN2OS/c1-12(13-6-5-7-14(17)10-13)18-19-16(20)11-21-15-8-3-2-4-9-15/h2-10H,11H2,1H3,(H,19,20)/b18-12-. The molecule has 2 aromatic carbocycles. The third-order valence-corrected chi connectivity index (χ3v) is 4.21. The molecule has 3 nitrogen and oxygen atoms in total. The van der Waals surface area contributed by atoms with Gasteiger partial charge in [-0.3, -0.25) is 4.79 Å². The van der Waals surface area contributed by atoms with Crippen molar-refractivity contribution in [2.24, 2.45) is 5.10 Å². The molecule has 0 spiro atoms. The Bertz CT molecular complexity index is 644. The van der Waals surface area contributed by atoms with Crippen molar-refractivity contribution >= 4 is 39.3 Å². The maximum atomic E-state index is 11.8. The highest BCUT2D eigenvalue weighted by molar-refractivity contribution is 9.10. The fraction of sp³-hybridized carbons (Fsp3) is 0.125. The minimum absolute atomic E-state index is 0.113. The quantitative estimate of drug-likeness (QED) is 0.494. The fourth-order valence-electron chi connectivity index (χ4n) is 1.62. The molecule has 0 heterocycles. The number of benzene rings is 2. The van der Waals surface area contributed by atoms with Crippen molar-refractivity contribution in [3.05, 3.63) is 64.6 Å². The van der Waals surface area contributed by atoms with E-state index < -0.39 is 0 Å². The van der Waals surface area contributed by atoms with Gasteiger partial charge in [0.2, 0.25) is 5.91 Å². The zero-order valence-electron chi connectivity index (χ0n) is 11.5.